The van der Waals surface area contributed by atoms with Crippen LogP contribution in [-0.2, 0) is 6.54 Å². The van der Waals surface area contributed by atoms with Gasteiger partial charge in [0.05, 0.1) is 34.7 Å². The quantitative estimate of drug-likeness (QED) is 0.548. The number of urea groups is 1. The molecule has 5 heterocycles. The van der Waals surface area contributed by atoms with E-state index in [4.69, 9.17) is 16.0 Å². The molecule has 2 saturated heterocycles. The second-order valence-corrected chi connectivity index (χ2v) is 10.5. The molecule has 34 heavy (non-hydrogen) atoms. The third kappa shape index (κ3) is 4.19. The fraction of sp³-hybridized carbons (Fsp3) is 0.455. The lowest BCUT2D eigenvalue weighted by molar-refractivity contribution is 0.0712. The summed E-state index contributed by atoms with van der Waals surface area (Å²) in [6.07, 6.45) is 3.05. The average Bonchev–Trinajstić information content (AvgIpc) is 3.59. The van der Waals surface area contributed by atoms with E-state index >= 15 is 0 Å². The third-order valence-electron chi connectivity index (χ3n) is 6.43. The van der Waals surface area contributed by atoms with Crippen molar-refractivity contribution in [1.29, 1.82) is 0 Å². The maximum Gasteiger partial charge on any atom is 0.320 e. The Hall–Kier alpha value is -2.89. The Morgan fingerprint density at radius 3 is 2.76 bits per heavy atom. The molecule has 2 amide bonds. The zero-order valence-corrected chi connectivity index (χ0v) is 20.3. The number of furan rings is 1. The van der Waals surface area contributed by atoms with Gasteiger partial charge in [-0.3, -0.25) is 4.79 Å². The number of likely N-dealkylation sites (tertiary alicyclic amines) is 2. The number of β-amino-alcohol motifs (C(OH)–C–C–N with tert-alkyl or cyclic N) is 1. The minimum atomic E-state index is -0.460. The lowest BCUT2D eigenvalue weighted by atomic mass is 9.89. The summed E-state index contributed by atoms with van der Waals surface area (Å²) >= 11 is 7.48. The van der Waals surface area contributed by atoms with E-state index in [-0.39, 0.29) is 23.9 Å². The molecule has 0 bridgehead atoms. The SMILES string of the molecule is Cc1cocc1C(=O)n1nc(C2CN(C(=O)N3CCC(O)C3)C2C)nc1NCc1ccc(Cl)s1. The topological polar surface area (TPSA) is 117 Å². The number of aryl methyl sites for hydroxylation is 1. The molecule has 2 aliphatic heterocycles. The van der Waals surface area contributed by atoms with Gasteiger partial charge in [0.1, 0.15) is 6.26 Å². The van der Waals surface area contributed by atoms with Gasteiger partial charge in [-0.15, -0.1) is 16.4 Å². The van der Waals surface area contributed by atoms with Crippen LogP contribution in [0.15, 0.2) is 29.1 Å². The first-order chi connectivity index (χ1) is 16.3. The number of anilines is 1. The van der Waals surface area contributed by atoms with Gasteiger partial charge in [-0.1, -0.05) is 11.6 Å². The zero-order valence-electron chi connectivity index (χ0n) is 18.8. The minimum absolute atomic E-state index is 0.0854. The smallest absolute Gasteiger partial charge is 0.320 e. The van der Waals surface area contributed by atoms with Gasteiger partial charge in [0, 0.05) is 36.1 Å². The number of carbonyl (C=O) groups is 2. The van der Waals surface area contributed by atoms with Crippen molar-refractivity contribution < 1.29 is 19.1 Å². The third-order valence-corrected chi connectivity index (χ3v) is 7.66. The standard InChI is InChI=1S/C22H25ClN6O4S/c1-12-10-33-11-17(12)20(31)29-21(24-7-15-3-4-18(23)34-15)25-19(26-29)16-9-28(13(16)2)22(32)27-6-5-14(30)8-27/h3-4,10-11,13-14,16,30H,5-9H2,1-2H3,(H,24,25,26). The van der Waals surface area contributed by atoms with Gasteiger partial charge < -0.3 is 24.6 Å². The van der Waals surface area contributed by atoms with Gasteiger partial charge in [-0.05, 0) is 32.4 Å². The predicted octanol–water partition coefficient (Wildman–Crippen LogP) is 3.17. The van der Waals surface area contributed by atoms with Crippen molar-refractivity contribution in [2.45, 2.75) is 44.9 Å². The van der Waals surface area contributed by atoms with E-state index in [1.54, 1.807) is 16.7 Å². The molecule has 3 atom stereocenters. The fourth-order valence-electron chi connectivity index (χ4n) is 4.30. The van der Waals surface area contributed by atoms with E-state index in [0.717, 1.165) is 4.88 Å². The highest BCUT2D eigenvalue weighted by Gasteiger charge is 2.45. The van der Waals surface area contributed by atoms with Crippen LogP contribution < -0.4 is 5.32 Å². The zero-order chi connectivity index (χ0) is 24.0. The molecule has 0 radical (unpaired) electrons. The molecule has 3 aromatic heterocycles. The molecule has 5 rings (SSSR count). The Balaban J connectivity index is 1.36. The first kappa shape index (κ1) is 22.9. The van der Waals surface area contributed by atoms with Crippen molar-refractivity contribution in [3.8, 4) is 0 Å². The first-order valence-corrected chi connectivity index (χ1v) is 12.3. The number of halogens is 1. The van der Waals surface area contributed by atoms with Crippen molar-refractivity contribution in [2.75, 3.05) is 25.0 Å². The second-order valence-electron chi connectivity index (χ2n) is 8.71. The lowest BCUT2D eigenvalue weighted by Crippen LogP contribution is -2.59. The Morgan fingerprint density at radius 2 is 2.15 bits per heavy atom. The van der Waals surface area contributed by atoms with Crippen LogP contribution in [0.5, 0.6) is 0 Å². The Morgan fingerprint density at radius 1 is 1.32 bits per heavy atom. The molecule has 10 nitrogen and oxygen atoms in total. The van der Waals surface area contributed by atoms with Crippen LogP contribution in [0.25, 0.3) is 0 Å². The minimum Gasteiger partial charge on any atom is -0.471 e. The summed E-state index contributed by atoms with van der Waals surface area (Å²) in [5, 5.41) is 17.5. The summed E-state index contributed by atoms with van der Waals surface area (Å²) in [5.74, 6) is 0.374. The number of amides is 2. The number of thiophene rings is 1. The molecule has 0 spiro atoms. The van der Waals surface area contributed by atoms with Crippen LogP contribution in [0.1, 0.15) is 45.9 Å². The molecule has 0 aliphatic carbocycles. The summed E-state index contributed by atoms with van der Waals surface area (Å²) in [6, 6.07) is 3.52. The van der Waals surface area contributed by atoms with Crippen molar-refractivity contribution in [2.24, 2.45) is 0 Å². The molecule has 12 heteroatoms. The summed E-state index contributed by atoms with van der Waals surface area (Å²) < 4.78 is 7.12. The second kappa shape index (κ2) is 9.05. The van der Waals surface area contributed by atoms with E-state index in [0.29, 0.717) is 59.8 Å². The predicted molar refractivity (Wildman–Crippen MR) is 126 cm³/mol. The average molecular weight is 505 g/mol. The highest BCUT2D eigenvalue weighted by atomic mass is 35.5. The molecule has 2 aliphatic rings. The summed E-state index contributed by atoms with van der Waals surface area (Å²) in [4.78, 5) is 35.1. The first-order valence-electron chi connectivity index (χ1n) is 11.1. The number of aliphatic hydroxyl groups is 1. The summed E-state index contributed by atoms with van der Waals surface area (Å²) in [5.41, 5.74) is 1.12. The maximum atomic E-state index is 13.2. The van der Waals surface area contributed by atoms with Crippen molar-refractivity contribution in [1.82, 2.24) is 24.6 Å². The van der Waals surface area contributed by atoms with Crippen LogP contribution in [0, 0.1) is 6.92 Å². The molecule has 180 valence electrons. The van der Waals surface area contributed by atoms with Crippen LogP contribution >= 0.6 is 22.9 Å². The molecule has 0 saturated carbocycles. The van der Waals surface area contributed by atoms with E-state index in [2.05, 4.69) is 15.4 Å². The van der Waals surface area contributed by atoms with Crippen LogP contribution in [0.2, 0.25) is 4.34 Å². The van der Waals surface area contributed by atoms with Crippen molar-refractivity contribution in [3.05, 3.63) is 50.8 Å². The molecular weight excluding hydrogens is 480 g/mol. The Kier molecular flexibility index (Phi) is 6.09. The lowest BCUT2D eigenvalue weighted by Gasteiger charge is -2.46. The Labute approximate surface area is 205 Å². The molecule has 2 fully saturated rings. The highest BCUT2D eigenvalue weighted by Crippen LogP contribution is 2.34. The summed E-state index contributed by atoms with van der Waals surface area (Å²) in [6.45, 7) is 5.55. The van der Waals surface area contributed by atoms with E-state index in [1.165, 1.54) is 28.5 Å². The number of aliphatic hydroxyl groups excluding tert-OH is 1. The summed E-state index contributed by atoms with van der Waals surface area (Å²) in [7, 11) is 0. The molecule has 3 aromatic rings. The monoisotopic (exact) mass is 504 g/mol. The number of hydrogen-bond acceptors (Lipinski definition) is 8. The molecular formula is C22H25ClN6O4S. The van der Waals surface area contributed by atoms with Gasteiger partial charge in [-0.2, -0.15) is 9.67 Å². The van der Waals surface area contributed by atoms with E-state index in [1.807, 2.05) is 19.1 Å². The maximum absolute atomic E-state index is 13.2. The van der Waals surface area contributed by atoms with Gasteiger partial charge >= 0.3 is 6.03 Å². The van der Waals surface area contributed by atoms with Gasteiger partial charge in [0.25, 0.3) is 5.91 Å². The number of nitrogens with zero attached hydrogens (tertiary/aromatic N) is 5. The van der Waals surface area contributed by atoms with Crippen molar-refractivity contribution in [3.63, 3.8) is 0 Å². The fourth-order valence-corrected chi connectivity index (χ4v) is 5.33. The Bertz CT molecular complexity index is 1220. The largest absolute Gasteiger partial charge is 0.471 e. The van der Waals surface area contributed by atoms with Crippen molar-refractivity contribution >= 4 is 40.8 Å². The van der Waals surface area contributed by atoms with E-state index < -0.39 is 6.10 Å². The van der Waals surface area contributed by atoms with Gasteiger partial charge in [0.2, 0.25) is 5.95 Å². The van der Waals surface area contributed by atoms with Crippen LogP contribution in [0.4, 0.5) is 10.7 Å². The number of carbonyl (C=O) groups excluding carboxylic acids is 2. The van der Waals surface area contributed by atoms with Crippen LogP contribution in [-0.4, -0.2) is 73.4 Å². The molecule has 2 N–H and O–H groups in total. The number of rotatable bonds is 5. The van der Waals surface area contributed by atoms with Gasteiger partial charge in [-0.25, -0.2) is 4.79 Å². The van der Waals surface area contributed by atoms with E-state index in [9.17, 15) is 14.7 Å². The number of aromatic nitrogens is 3. The highest BCUT2D eigenvalue weighted by molar-refractivity contribution is 7.16. The normalized spacial score (nSPS) is 22.2. The van der Waals surface area contributed by atoms with Gasteiger partial charge in [0.15, 0.2) is 5.82 Å². The molecule has 0 aromatic carbocycles. The number of hydrogen-bond donors (Lipinski definition) is 2. The van der Waals surface area contributed by atoms with Crippen LogP contribution in [0.3, 0.4) is 0 Å². The molecule has 3 unspecified atom stereocenters. The number of nitrogens with one attached hydrogen (secondary N) is 1.